The van der Waals surface area contributed by atoms with Gasteiger partial charge in [0, 0.05) is 5.69 Å². The number of carbonyl (C=O) groups excluding carboxylic acids is 2. The first-order valence-corrected chi connectivity index (χ1v) is 8.65. The van der Waals surface area contributed by atoms with Crippen LogP contribution in [0, 0.1) is 11.3 Å². The number of nitrogens with one attached hydrogen (secondary N) is 3. The smallest absolute Gasteiger partial charge is 0.376 e. The summed E-state index contributed by atoms with van der Waals surface area (Å²) in [6.45, 7) is -1.64. The Kier molecular flexibility index (Phi) is 6.66. The second-order valence-electron chi connectivity index (χ2n) is 6.50. The summed E-state index contributed by atoms with van der Waals surface area (Å²) in [5, 5.41) is 16.7. The van der Waals surface area contributed by atoms with E-state index in [0.717, 1.165) is 19.3 Å². The van der Waals surface area contributed by atoms with Gasteiger partial charge in [-0.15, -0.1) is 0 Å². The van der Waals surface area contributed by atoms with E-state index < -0.39 is 30.1 Å². The highest BCUT2D eigenvalue weighted by atomic mass is 19.4. The number of amides is 2. The molecule has 146 valence electrons. The van der Waals surface area contributed by atoms with Crippen molar-refractivity contribution >= 4 is 17.5 Å². The van der Waals surface area contributed by atoms with Gasteiger partial charge in [-0.25, -0.2) is 0 Å². The van der Waals surface area contributed by atoms with Crippen molar-refractivity contribution in [3.63, 3.8) is 0 Å². The van der Waals surface area contributed by atoms with E-state index in [0.29, 0.717) is 12.8 Å². The average Bonchev–Trinajstić information content (AvgIpc) is 2.65. The summed E-state index contributed by atoms with van der Waals surface area (Å²) in [6.07, 6.45) is -0.578. The van der Waals surface area contributed by atoms with Gasteiger partial charge in [0.05, 0.1) is 18.2 Å². The maximum absolute atomic E-state index is 12.3. The number of hydrogen-bond acceptors (Lipinski definition) is 4. The summed E-state index contributed by atoms with van der Waals surface area (Å²) < 4.78 is 36.8. The molecule has 0 aliphatic heterocycles. The fraction of sp³-hybridized carbons (Fsp3) is 0.500. The molecule has 1 aromatic rings. The fourth-order valence-electron chi connectivity index (χ4n) is 3.02. The van der Waals surface area contributed by atoms with Gasteiger partial charge in [-0.05, 0) is 25.0 Å². The normalized spacial score (nSPS) is 16.1. The molecule has 1 fully saturated rings. The molecule has 1 aliphatic rings. The topological polar surface area (TPSA) is 94.0 Å². The Morgan fingerprint density at radius 1 is 1.15 bits per heavy atom. The van der Waals surface area contributed by atoms with E-state index in [1.807, 2.05) is 0 Å². The Labute approximate surface area is 155 Å². The molecule has 9 heteroatoms. The number of nitrogens with zero attached hydrogens (tertiary/aromatic N) is 1. The number of rotatable bonds is 6. The maximum atomic E-state index is 12.3. The molecule has 1 aliphatic carbocycles. The number of benzene rings is 1. The Morgan fingerprint density at radius 2 is 1.81 bits per heavy atom. The summed E-state index contributed by atoms with van der Waals surface area (Å²) in [4.78, 5) is 24.2. The predicted molar refractivity (Wildman–Crippen MR) is 92.9 cm³/mol. The zero-order valence-corrected chi connectivity index (χ0v) is 14.7. The lowest BCUT2D eigenvalue weighted by molar-refractivity contribution is -0.123. The number of halogens is 3. The van der Waals surface area contributed by atoms with Crippen molar-refractivity contribution in [2.75, 3.05) is 18.4 Å². The van der Waals surface area contributed by atoms with Crippen LogP contribution in [-0.2, 0) is 4.79 Å². The third kappa shape index (κ3) is 6.16. The minimum atomic E-state index is -4.51. The van der Waals surface area contributed by atoms with Crippen molar-refractivity contribution in [3.8, 4) is 6.07 Å². The first-order chi connectivity index (χ1) is 12.7. The van der Waals surface area contributed by atoms with Gasteiger partial charge in [-0.3, -0.25) is 9.59 Å². The Morgan fingerprint density at radius 3 is 2.44 bits per heavy atom. The number of anilines is 1. The van der Waals surface area contributed by atoms with Crippen LogP contribution < -0.4 is 16.0 Å². The molecule has 1 saturated carbocycles. The molecule has 0 aromatic heterocycles. The Hall–Kier alpha value is -2.76. The Balaban J connectivity index is 1.96. The maximum Gasteiger partial charge on any atom is 0.405 e. The van der Waals surface area contributed by atoms with Crippen molar-refractivity contribution in [1.29, 1.82) is 5.26 Å². The molecule has 27 heavy (non-hydrogen) atoms. The second kappa shape index (κ2) is 8.75. The van der Waals surface area contributed by atoms with Gasteiger partial charge in [0.1, 0.15) is 12.1 Å². The van der Waals surface area contributed by atoms with Crippen LogP contribution in [0.1, 0.15) is 42.5 Å². The first-order valence-electron chi connectivity index (χ1n) is 8.65. The molecule has 0 atom stereocenters. The molecule has 1 aromatic carbocycles. The standard InChI is InChI=1S/C18H21F3N4O2/c19-18(20,21)12-24-16(27)13-6-2-3-7-14(13)23-10-15(26)25-17(11-22)8-4-1-5-9-17/h2-3,6-7,23H,1,4-5,8-10,12H2,(H,24,27)(H,25,26). The number of carbonyl (C=O) groups is 2. The molecule has 3 N–H and O–H groups in total. The summed E-state index contributed by atoms with van der Waals surface area (Å²) in [5.41, 5.74) is -0.634. The number of hydrogen-bond donors (Lipinski definition) is 3. The van der Waals surface area contributed by atoms with Gasteiger partial charge in [-0.2, -0.15) is 18.4 Å². The van der Waals surface area contributed by atoms with Gasteiger partial charge < -0.3 is 16.0 Å². The van der Waals surface area contributed by atoms with Crippen LogP contribution in [0.4, 0.5) is 18.9 Å². The molecule has 6 nitrogen and oxygen atoms in total. The molecule has 0 unspecified atom stereocenters. The van der Waals surface area contributed by atoms with E-state index in [-0.39, 0.29) is 17.8 Å². The molecule has 0 radical (unpaired) electrons. The highest BCUT2D eigenvalue weighted by Crippen LogP contribution is 2.27. The van der Waals surface area contributed by atoms with E-state index in [1.54, 1.807) is 11.4 Å². The van der Waals surface area contributed by atoms with Gasteiger partial charge >= 0.3 is 6.18 Å². The highest BCUT2D eigenvalue weighted by molar-refractivity contribution is 6.00. The minimum Gasteiger partial charge on any atom is -0.376 e. The molecular formula is C18H21F3N4O2. The zero-order valence-electron chi connectivity index (χ0n) is 14.7. The van der Waals surface area contributed by atoms with Crippen LogP contribution in [0.3, 0.4) is 0 Å². The average molecular weight is 382 g/mol. The number of para-hydroxylation sites is 1. The molecule has 2 rings (SSSR count). The lowest BCUT2D eigenvalue weighted by Crippen LogP contribution is -2.50. The highest BCUT2D eigenvalue weighted by Gasteiger charge is 2.33. The molecule has 0 heterocycles. The molecule has 0 spiro atoms. The van der Waals surface area contributed by atoms with Crippen molar-refractivity contribution < 1.29 is 22.8 Å². The summed E-state index contributed by atoms with van der Waals surface area (Å²) in [5.74, 6) is -1.31. The predicted octanol–water partition coefficient (Wildman–Crippen LogP) is 2.73. The SMILES string of the molecule is N#CC1(NC(=O)CNc2ccccc2C(=O)NCC(F)(F)F)CCCCC1. The van der Waals surface area contributed by atoms with Crippen LogP contribution in [0.2, 0.25) is 0 Å². The van der Waals surface area contributed by atoms with E-state index in [1.165, 1.54) is 18.2 Å². The van der Waals surface area contributed by atoms with Crippen molar-refractivity contribution in [2.24, 2.45) is 0 Å². The summed E-state index contributed by atoms with van der Waals surface area (Å²) in [7, 11) is 0. The molecular weight excluding hydrogens is 361 g/mol. The van der Waals surface area contributed by atoms with E-state index >= 15 is 0 Å². The van der Waals surface area contributed by atoms with E-state index in [4.69, 9.17) is 0 Å². The zero-order chi connectivity index (χ0) is 19.9. The lowest BCUT2D eigenvalue weighted by atomic mass is 9.83. The van der Waals surface area contributed by atoms with E-state index in [2.05, 4.69) is 16.7 Å². The Bertz CT molecular complexity index is 722. The fourth-order valence-corrected chi connectivity index (χ4v) is 3.02. The van der Waals surface area contributed by atoms with Crippen molar-refractivity contribution in [1.82, 2.24) is 10.6 Å². The summed E-state index contributed by atoms with van der Waals surface area (Å²) >= 11 is 0. The van der Waals surface area contributed by atoms with Crippen LogP contribution in [0.5, 0.6) is 0 Å². The van der Waals surface area contributed by atoms with Crippen LogP contribution >= 0.6 is 0 Å². The van der Waals surface area contributed by atoms with Gasteiger partial charge in [0.15, 0.2) is 0 Å². The molecule has 2 amide bonds. The minimum absolute atomic E-state index is 0.00205. The third-order valence-electron chi connectivity index (χ3n) is 4.36. The largest absolute Gasteiger partial charge is 0.405 e. The van der Waals surface area contributed by atoms with Crippen molar-refractivity contribution in [2.45, 2.75) is 43.8 Å². The van der Waals surface area contributed by atoms with Gasteiger partial charge in [-0.1, -0.05) is 31.4 Å². The summed E-state index contributed by atoms with van der Waals surface area (Å²) in [6, 6.07) is 8.15. The van der Waals surface area contributed by atoms with Gasteiger partial charge in [0.25, 0.3) is 5.91 Å². The second-order valence-corrected chi connectivity index (χ2v) is 6.50. The van der Waals surface area contributed by atoms with Crippen molar-refractivity contribution in [3.05, 3.63) is 29.8 Å². The quantitative estimate of drug-likeness (QED) is 0.705. The van der Waals surface area contributed by atoms with Crippen LogP contribution in [0.15, 0.2) is 24.3 Å². The lowest BCUT2D eigenvalue weighted by Gasteiger charge is -2.31. The van der Waals surface area contributed by atoms with Crippen LogP contribution in [-0.4, -0.2) is 36.6 Å². The molecule has 0 saturated heterocycles. The van der Waals surface area contributed by atoms with Crippen LogP contribution in [0.25, 0.3) is 0 Å². The monoisotopic (exact) mass is 382 g/mol. The van der Waals surface area contributed by atoms with E-state index in [9.17, 15) is 28.0 Å². The van der Waals surface area contributed by atoms with Gasteiger partial charge in [0.2, 0.25) is 5.91 Å². The number of nitriles is 1. The molecule has 0 bridgehead atoms. The third-order valence-corrected chi connectivity index (χ3v) is 4.36. The number of alkyl halides is 3. The first kappa shape index (κ1) is 20.6.